The molecule has 1 aromatic carbocycles. The number of rotatable bonds is 5. The van der Waals surface area contributed by atoms with Crippen molar-refractivity contribution in [2.75, 3.05) is 48.3 Å². The van der Waals surface area contributed by atoms with Crippen molar-refractivity contribution in [2.24, 2.45) is 0 Å². The van der Waals surface area contributed by atoms with Crippen molar-refractivity contribution in [2.45, 2.75) is 38.5 Å². The van der Waals surface area contributed by atoms with E-state index in [0.717, 1.165) is 18.6 Å². The molecule has 3 aromatic rings. The minimum Gasteiger partial charge on any atom is -0.367 e. The number of piperazine rings is 1. The number of nitrogens with one attached hydrogen (secondary N) is 2. The average Bonchev–Trinajstić information content (AvgIpc) is 2.96. The van der Waals surface area contributed by atoms with Crippen LogP contribution in [0, 0.1) is 11.6 Å². The summed E-state index contributed by atoms with van der Waals surface area (Å²) in [4.78, 5) is 40.9. The Labute approximate surface area is 244 Å². The molecule has 228 valence electrons. The average molecular weight is 604 g/mol. The van der Waals surface area contributed by atoms with Gasteiger partial charge < -0.3 is 20.1 Å². The van der Waals surface area contributed by atoms with Crippen LogP contribution in [0.1, 0.15) is 41.8 Å². The zero-order valence-corrected chi connectivity index (χ0v) is 23.7. The number of pyridine rings is 1. The Hall–Kier alpha value is -4.33. The summed E-state index contributed by atoms with van der Waals surface area (Å²) >= 11 is 0. The van der Waals surface area contributed by atoms with E-state index in [0.29, 0.717) is 43.4 Å². The van der Waals surface area contributed by atoms with Crippen molar-refractivity contribution in [3.63, 3.8) is 0 Å². The predicted molar refractivity (Wildman–Crippen MR) is 152 cm³/mol. The van der Waals surface area contributed by atoms with Crippen LogP contribution in [0.3, 0.4) is 0 Å². The minimum atomic E-state index is -4.96. The van der Waals surface area contributed by atoms with Gasteiger partial charge >= 0.3 is 6.18 Å². The molecule has 0 radical (unpaired) electrons. The molecule has 2 atom stereocenters. The van der Waals surface area contributed by atoms with E-state index in [2.05, 4.69) is 25.2 Å². The van der Waals surface area contributed by atoms with Gasteiger partial charge in [0, 0.05) is 56.1 Å². The Bertz CT molecular complexity index is 1590. The van der Waals surface area contributed by atoms with E-state index in [4.69, 9.17) is 0 Å². The second-order valence-corrected chi connectivity index (χ2v) is 10.8. The molecule has 2 aliphatic rings. The van der Waals surface area contributed by atoms with Crippen molar-refractivity contribution < 1.29 is 26.7 Å². The third kappa shape index (κ3) is 6.38. The molecule has 1 saturated heterocycles. The SMILES string of the molecule is CC1CN(c2cc(F)c(C3=CCCN(c4ncc(F)cn4)C3)cc2NC(=O)c2c[nH]c(=O)cc2C(F)(F)F)CC(C)N1C. The number of aromatic nitrogens is 3. The first-order valence-electron chi connectivity index (χ1n) is 13.7. The molecule has 1 fully saturated rings. The first-order chi connectivity index (χ1) is 20.3. The van der Waals surface area contributed by atoms with Crippen molar-refractivity contribution in [1.29, 1.82) is 0 Å². The van der Waals surface area contributed by atoms with Crippen LogP contribution < -0.4 is 20.7 Å². The monoisotopic (exact) mass is 603 g/mol. The van der Waals surface area contributed by atoms with Crippen molar-refractivity contribution in [3.8, 4) is 0 Å². The topological polar surface area (TPSA) is 97.5 Å². The number of alkyl halides is 3. The lowest BCUT2D eigenvalue weighted by atomic mass is 9.98. The third-order valence-electron chi connectivity index (χ3n) is 7.89. The number of amides is 1. The van der Waals surface area contributed by atoms with Gasteiger partial charge in [-0.2, -0.15) is 13.2 Å². The van der Waals surface area contributed by atoms with Crippen molar-refractivity contribution >= 4 is 28.8 Å². The van der Waals surface area contributed by atoms with Crippen LogP contribution in [-0.2, 0) is 6.18 Å². The summed E-state index contributed by atoms with van der Waals surface area (Å²) < 4.78 is 70.5. The number of anilines is 3. The van der Waals surface area contributed by atoms with Crippen molar-refractivity contribution in [1.82, 2.24) is 19.9 Å². The smallest absolute Gasteiger partial charge is 0.367 e. The Morgan fingerprint density at radius 1 is 1.05 bits per heavy atom. The second-order valence-electron chi connectivity index (χ2n) is 10.8. The van der Waals surface area contributed by atoms with E-state index in [9.17, 15) is 27.2 Å². The van der Waals surface area contributed by atoms with Crippen LogP contribution in [0.2, 0.25) is 0 Å². The normalized spacial score (nSPS) is 19.8. The van der Waals surface area contributed by atoms with E-state index in [1.807, 2.05) is 31.9 Å². The largest absolute Gasteiger partial charge is 0.417 e. The molecule has 1 amide bonds. The molecule has 2 aliphatic heterocycles. The fraction of sp³-hybridized carbons (Fsp3) is 0.379. The van der Waals surface area contributed by atoms with Crippen LogP contribution >= 0.6 is 0 Å². The number of nitrogens with zero attached hydrogens (tertiary/aromatic N) is 5. The maximum atomic E-state index is 15.9. The number of carbonyl (C=O) groups is 1. The van der Waals surface area contributed by atoms with E-state index >= 15 is 4.39 Å². The molecule has 43 heavy (non-hydrogen) atoms. The molecular formula is C29H30F5N7O2. The van der Waals surface area contributed by atoms with Gasteiger partial charge in [-0.15, -0.1) is 0 Å². The summed E-state index contributed by atoms with van der Waals surface area (Å²) in [7, 11) is 1.97. The molecule has 14 heteroatoms. The summed E-state index contributed by atoms with van der Waals surface area (Å²) in [5, 5.41) is 2.56. The number of carbonyl (C=O) groups excluding carboxylic acids is 1. The fourth-order valence-corrected chi connectivity index (χ4v) is 5.43. The molecule has 4 heterocycles. The van der Waals surface area contributed by atoms with Crippen LogP contribution in [-0.4, -0.2) is 71.1 Å². The zero-order valence-electron chi connectivity index (χ0n) is 23.7. The molecule has 0 saturated carbocycles. The number of H-pyrrole nitrogens is 1. The highest BCUT2D eigenvalue weighted by Crippen LogP contribution is 2.37. The van der Waals surface area contributed by atoms with Gasteiger partial charge in [-0.05, 0) is 45.0 Å². The lowest BCUT2D eigenvalue weighted by Crippen LogP contribution is -2.55. The summed E-state index contributed by atoms with van der Waals surface area (Å²) in [5.41, 5.74) is -2.06. The number of aromatic amines is 1. The molecule has 2 N–H and O–H groups in total. The summed E-state index contributed by atoms with van der Waals surface area (Å²) in [5.74, 6) is -2.03. The highest BCUT2D eigenvalue weighted by atomic mass is 19.4. The van der Waals surface area contributed by atoms with Gasteiger partial charge in [0.25, 0.3) is 5.91 Å². The Balaban J connectivity index is 1.55. The van der Waals surface area contributed by atoms with Gasteiger partial charge in [-0.3, -0.25) is 14.5 Å². The zero-order chi connectivity index (χ0) is 31.1. The fourth-order valence-electron chi connectivity index (χ4n) is 5.43. The Morgan fingerprint density at radius 2 is 1.72 bits per heavy atom. The minimum absolute atomic E-state index is 0.0661. The Kier molecular flexibility index (Phi) is 8.23. The molecule has 2 aromatic heterocycles. The molecular weight excluding hydrogens is 573 g/mol. The van der Waals surface area contributed by atoms with Crippen LogP contribution in [0.4, 0.5) is 39.3 Å². The van der Waals surface area contributed by atoms with E-state index in [1.165, 1.54) is 12.1 Å². The van der Waals surface area contributed by atoms with E-state index in [-0.39, 0.29) is 35.8 Å². The standard InChI is InChI=1S/C29H30F5N7O2/c1-16-13-41(14-17(2)39(16)3)25-9-23(31)20(18-5-4-6-40(15-18)28-36-10-19(30)11-37-28)7-24(25)38-27(43)21-12-35-26(42)8-22(21)29(32,33)34/h5,7-12,16-17H,4,6,13-15H2,1-3H3,(H,35,42)(H,38,43). The highest BCUT2D eigenvalue weighted by molar-refractivity contribution is 6.07. The maximum absolute atomic E-state index is 15.9. The molecule has 0 aliphatic carbocycles. The van der Waals surface area contributed by atoms with Gasteiger partial charge in [0.2, 0.25) is 11.5 Å². The number of hydrogen-bond acceptors (Lipinski definition) is 7. The summed E-state index contributed by atoms with van der Waals surface area (Å²) in [6.07, 6.45) is 0.153. The number of benzene rings is 1. The van der Waals surface area contributed by atoms with Crippen LogP contribution in [0.25, 0.3) is 5.57 Å². The first-order valence-corrected chi connectivity index (χ1v) is 13.7. The van der Waals surface area contributed by atoms with Gasteiger partial charge in [-0.1, -0.05) is 6.08 Å². The molecule has 5 rings (SSSR count). The second kappa shape index (κ2) is 11.7. The quantitative estimate of drug-likeness (QED) is 0.414. The molecule has 0 bridgehead atoms. The maximum Gasteiger partial charge on any atom is 0.417 e. The number of halogens is 5. The third-order valence-corrected chi connectivity index (χ3v) is 7.89. The molecule has 0 spiro atoms. The van der Waals surface area contributed by atoms with E-state index < -0.39 is 40.4 Å². The highest BCUT2D eigenvalue weighted by Gasteiger charge is 2.36. The molecule has 2 unspecified atom stereocenters. The van der Waals surface area contributed by atoms with Crippen molar-refractivity contribution in [3.05, 3.63) is 81.5 Å². The number of hydrogen-bond donors (Lipinski definition) is 2. The summed E-state index contributed by atoms with van der Waals surface area (Å²) in [6, 6.07) is 3.15. The van der Waals surface area contributed by atoms with Gasteiger partial charge in [0.1, 0.15) is 5.82 Å². The first kappa shape index (κ1) is 30.1. The van der Waals surface area contributed by atoms with Crippen LogP contribution in [0.15, 0.2) is 47.7 Å². The predicted octanol–water partition coefficient (Wildman–Crippen LogP) is 4.54. The van der Waals surface area contributed by atoms with E-state index in [1.54, 1.807) is 4.90 Å². The van der Waals surface area contributed by atoms with Gasteiger partial charge in [-0.25, -0.2) is 18.7 Å². The summed E-state index contributed by atoms with van der Waals surface area (Å²) in [6.45, 7) is 5.64. The lowest BCUT2D eigenvalue weighted by molar-refractivity contribution is -0.138. The van der Waals surface area contributed by atoms with Gasteiger partial charge in [0.05, 0.1) is 34.9 Å². The van der Waals surface area contributed by atoms with Crippen LogP contribution in [0.5, 0.6) is 0 Å². The Morgan fingerprint density at radius 3 is 2.37 bits per heavy atom. The molecule has 9 nitrogen and oxygen atoms in total. The lowest BCUT2D eigenvalue weighted by Gasteiger charge is -2.44. The van der Waals surface area contributed by atoms with Gasteiger partial charge in [0.15, 0.2) is 5.82 Å². The number of likely N-dealkylation sites (N-methyl/N-ethyl adjacent to an activating group) is 1.